The van der Waals surface area contributed by atoms with Gasteiger partial charge >= 0.3 is 0 Å². The largest absolute Gasteiger partial charge is 0.377 e. The fourth-order valence-corrected chi connectivity index (χ4v) is 8.74. The van der Waals surface area contributed by atoms with Gasteiger partial charge in [0, 0.05) is 49.1 Å². The van der Waals surface area contributed by atoms with Gasteiger partial charge in [-0.05, 0) is 53.8 Å². The Hall–Kier alpha value is -2.74. The third kappa shape index (κ3) is 5.33. The van der Waals surface area contributed by atoms with Gasteiger partial charge in [-0.25, -0.2) is 0 Å². The molecule has 1 aliphatic heterocycles. The van der Waals surface area contributed by atoms with E-state index in [1.54, 1.807) is 48.5 Å². The van der Waals surface area contributed by atoms with Gasteiger partial charge < -0.3 is 5.32 Å². The van der Waals surface area contributed by atoms with Gasteiger partial charge in [0.05, 0.1) is 21.2 Å². The van der Waals surface area contributed by atoms with Gasteiger partial charge in [-0.3, -0.25) is 14.9 Å². The monoisotopic (exact) mass is 642 g/mol. The summed E-state index contributed by atoms with van der Waals surface area (Å²) in [5.41, 5.74) is 3.40. The Bertz CT molecular complexity index is 1670. The molecule has 1 heterocycles. The van der Waals surface area contributed by atoms with E-state index in [-0.39, 0.29) is 39.5 Å². The van der Waals surface area contributed by atoms with Gasteiger partial charge in [0.1, 0.15) is 0 Å². The summed E-state index contributed by atoms with van der Waals surface area (Å²) >= 11 is 28.3. The highest BCUT2D eigenvalue weighted by molar-refractivity contribution is 8.00. The normalized spacial score (nSPS) is 22.9. The number of rotatable bonds is 6. The van der Waals surface area contributed by atoms with Crippen LogP contribution in [0.5, 0.6) is 0 Å². The summed E-state index contributed by atoms with van der Waals surface area (Å²) < 4.78 is 0. The molecule has 1 N–H and O–H groups in total. The molecule has 1 fully saturated rings. The molecule has 5 unspecified atom stereocenters. The van der Waals surface area contributed by atoms with Gasteiger partial charge in [0.2, 0.25) is 0 Å². The molecule has 0 aromatic heterocycles. The SMILES string of the molecule is O=C(c1ccccc1)c1cc(Cl)cc2c1NC(c1ccc(Cl)cc1Cl)C1CC(Sc3ccccc3[N+](=O)[O-])C(Cl)C21. The van der Waals surface area contributed by atoms with Gasteiger partial charge in [-0.2, -0.15) is 0 Å². The van der Waals surface area contributed by atoms with Crippen LogP contribution in [0.1, 0.15) is 45.4 Å². The molecule has 4 aromatic carbocycles. The van der Waals surface area contributed by atoms with Gasteiger partial charge in [-0.15, -0.1) is 23.4 Å². The highest BCUT2D eigenvalue weighted by atomic mass is 35.5. The molecule has 4 aromatic rings. The van der Waals surface area contributed by atoms with E-state index in [1.807, 2.05) is 30.3 Å². The van der Waals surface area contributed by atoms with E-state index in [0.717, 1.165) is 11.1 Å². The van der Waals surface area contributed by atoms with Crippen molar-refractivity contribution in [3.63, 3.8) is 0 Å². The fraction of sp³-hybridized carbons (Fsp3) is 0.194. The number of fused-ring (bicyclic) bond motifs is 3. The van der Waals surface area contributed by atoms with E-state index in [9.17, 15) is 14.9 Å². The number of alkyl halides is 1. The summed E-state index contributed by atoms with van der Waals surface area (Å²) in [7, 11) is 0. The van der Waals surface area contributed by atoms with Crippen molar-refractivity contribution in [2.24, 2.45) is 5.92 Å². The minimum atomic E-state index is -0.405. The summed E-state index contributed by atoms with van der Waals surface area (Å²) in [6.07, 6.45) is 0.653. The van der Waals surface area contributed by atoms with E-state index >= 15 is 0 Å². The zero-order chi connectivity index (χ0) is 28.8. The number of thioether (sulfide) groups is 1. The Balaban J connectivity index is 1.48. The number of nitro benzene ring substituents is 1. The Labute approximate surface area is 261 Å². The predicted molar refractivity (Wildman–Crippen MR) is 167 cm³/mol. The molecule has 41 heavy (non-hydrogen) atoms. The summed E-state index contributed by atoms with van der Waals surface area (Å²) in [4.78, 5) is 25.7. The first kappa shape index (κ1) is 28.4. The third-order valence-electron chi connectivity index (χ3n) is 7.80. The molecule has 10 heteroatoms. The highest BCUT2D eigenvalue weighted by Crippen LogP contribution is 2.59. The quantitative estimate of drug-likeness (QED) is 0.0980. The Morgan fingerprint density at radius 1 is 0.902 bits per heavy atom. The van der Waals surface area contributed by atoms with Gasteiger partial charge in [-0.1, -0.05) is 83.3 Å². The van der Waals surface area contributed by atoms with Crippen LogP contribution in [-0.2, 0) is 0 Å². The lowest BCUT2D eigenvalue weighted by molar-refractivity contribution is -0.387. The predicted octanol–water partition coefficient (Wildman–Crippen LogP) is 9.82. The molecular weight excluding hydrogens is 622 g/mol. The molecule has 1 saturated carbocycles. The average Bonchev–Trinajstić information content (AvgIpc) is 3.28. The minimum absolute atomic E-state index is 0.0397. The smallest absolute Gasteiger partial charge is 0.282 e. The van der Waals surface area contributed by atoms with Crippen LogP contribution >= 0.6 is 58.2 Å². The van der Waals surface area contributed by atoms with E-state index < -0.39 is 5.38 Å². The van der Waals surface area contributed by atoms with Crippen molar-refractivity contribution in [2.75, 3.05) is 5.32 Å². The van der Waals surface area contributed by atoms with Crippen LogP contribution in [0, 0.1) is 16.0 Å². The summed E-state index contributed by atoms with van der Waals surface area (Å²) in [5, 5.41) is 16.3. The van der Waals surface area contributed by atoms with Crippen LogP contribution in [0.4, 0.5) is 11.4 Å². The lowest BCUT2D eigenvalue weighted by atomic mass is 9.76. The molecule has 0 saturated heterocycles. The number of hydrogen-bond acceptors (Lipinski definition) is 5. The van der Waals surface area contributed by atoms with Crippen molar-refractivity contribution in [3.8, 4) is 0 Å². The third-order valence-corrected chi connectivity index (χ3v) is 10.7. The Morgan fingerprint density at radius 2 is 1.63 bits per heavy atom. The first-order valence-electron chi connectivity index (χ1n) is 12.9. The zero-order valence-corrected chi connectivity index (χ0v) is 25.1. The molecule has 208 valence electrons. The lowest BCUT2D eigenvalue weighted by Crippen LogP contribution is -2.32. The van der Waals surface area contributed by atoms with Crippen molar-refractivity contribution in [1.29, 1.82) is 0 Å². The Morgan fingerprint density at radius 3 is 2.37 bits per heavy atom. The number of nitrogens with zero attached hydrogens (tertiary/aromatic N) is 1. The van der Waals surface area contributed by atoms with E-state index in [2.05, 4.69) is 5.32 Å². The van der Waals surface area contributed by atoms with Gasteiger partial charge in [0.25, 0.3) is 5.69 Å². The number of halogens is 4. The second-order valence-electron chi connectivity index (χ2n) is 10.2. The molecule has 5 nitrogen and oxygen atoms in total. The maximum absolute atomic E-state index is 13.8. The second kappa shape index (κ2) is 11.5. The van der Waals surface area contributed by atoms with Crippen molar-refractivity contribution in [1.82, 2.24) is 0 Å². The summed E-state index contributed by atoms with van der Waals surface area (Å²) in [6, 6.07) is 24.4. The van der Waals surface area contributed by atoms with Crippen LogP contribution in [0.25, 0.3) is 0 Å². The number of carbonyl (C=O) groups excluding carboxylic acids is 1. The van der Waals surface area contributed by atoms with Crippen LogP contribution in [-0.4, -0.2) is 21.3 Å². The number of nitro groups is 1. The highest BCUT2D eigenvalue weighted by Gasteiger charge is 2.51. The lowest BCUT2D eigenvalue weighted by Gasteiger charge is -2.39. The molecular formula is C31H22Cl4N2O3S. The number of para-hydroxylation sites is 1. The fourth-order valence-electron chi connectivity index (χ4n) is 6.04. The van der Waals surface area contributed by atoms with Crippen molar-refractivity contribution < 1.29 is 9.72 Å². The number of benzene rings is 4. The van der Waals surface area contributed by atoms with Crippen LogP contribution in [0.3, 0.4) is 0 Å². The summed E-state index contributed by atoms with van der Waals surface area (Å²) in [5.74, 6) is -0.403. The number of carbonyl (C=O) groups is 1. The first-order valence-corrected chi connectivity index (χ1v) is 15.4. The molecule has 2 aliphatic rings. The Kier molecular flexibility index (Phi) is 7.96. The van der Waals surface area contributed by atoms with Crippen LogP contribution in [0.15, 0.2) is 89.8 Å². The number of anilines is 1. The zero-order valence-electron chi connectivity index (χ0n) is 21.3. The van der Waals surface area contributed by atoms with E-state index in [4.69, 9.17) is 46.4 Å². The summed E-state index contributed by atoms with van der Waals surface area (Å²) in [6.45, 7) is 0. The van der Waals surface area contributed by atoms with Gasteiger partial charge in [0.15, 0.2) is 5.78 Å². The maximum Gasteiger partial charge on any atom is 0.282 e. The number of ketones is 1. The standard InChI is InChI=1S/C31H22Cl4N2O3S/c32-17-10-11-19(23(34)14-17)29-21-15-26(41-25-9-5-4-8-24(25)37(39)40)28(35)27(21)20-12-18(33)13-22(30(20)36-29)31(38)16-6-2-1-3-7-16/h1-14,21,26-29,36H,15H2. The number of nitrogens with one attached hydrogen (secondary N) is 1. The number of hydrogen-bond donors (Lipinski definition) is 1. The maximum atomic E-state index is 13.8. The molecule has 0 bridgehead atoms. The molecule has 5 atom stereocenters. The molecule has 0 spiro atoms. The molecule has 1 aliphatic carbocycles. The first-order chi connectivity index (χ1) is 19.7. The minimum Gasteiger partial charge on any atom is -0.377 e. The van der Waals surface area contributed by atoms with Crippen LogP contribution in [0.2, 0.25) is 15.1 Å². The molecule has 0 amide bonds. The van der Waals surface area contributed by atoms with E-state index in [0.29, 0.717) is 43.2 Å². The topological polar surface area (TPSA) is 72.2 Å². The second-order valence-corrected chi connectivity index (χ2v) is 13.2. The average molecular weight is 644 g/mol. The van der Waals surface area contributed by atoms with Crippen molar-refractivity contribution >= 4 is 75.3 Å². The van der Waals surface area contributed by atoms with E-state index in [1.165, 1.54) is 17.8 Å². The van der Waals surface area contributed by atoms with Crippen molar-refractivity contribution in [3.05, 3.63) is 132 Å². The van der Waals surface area contributed by atoms with Crippen molar-refractivity contribution in [2.45, 2.75) is 33.9 Å². The van der Waals surface area contributed by atoms with Crippen LogP contribution < -0.4 is 5.32 Å². The molecule has 0 radical (unpaired) electrons. The molecule has 6 rings (SSSR count).